The van der Waals surface area contributed by atoms with E-state index in [0.29, 0.717) is 13.0 Å². The molecule has 1 aliphatic heterocycles. The van der Waals surface area contributed by atoms with Crippen LogP contribution in [0.1, 0.15) is 12.5 Å². The number of ether oxygens (including phenoxy) is 1. The van der Waals surface area contributed by atoms with Crippen LogP contribution in [0.2, 0.25) is 0 Å². The van der Waals surface area contributed by atoms with Gasteiger partial charge < -0.3 is 4.74 Å². The maximum atomic E-state index is 10.3. The van der Waals surface area contributed by atoms with Crippen molar-refractivity contribution in [3.63, 3.8) is 0 Å². The highest BCUT2D eigenvalue weighted by Gasteiger charge is 2.31. The molecule has 0 fully saturated rings. The van der Waals surface area contributed by atoms with E-state index in [1.54, 1.807) is 6.08 Å². The van der Waals surface area contributed by atoms with Crippen molar-refractivity contribution in [2.45, 2.75) is 18.9 Å². The van der Waals surface area contributed by atoms with E-state index in [1.807, 2.05) is 25.1 Å². The van der Waals surface area contributed by atoms with Crippen molar-refractivity contribution in [2.24, 2.45) is 4.99 Å². The molecular formula is C11H10BrNO2. The van der Waals surface area contributed by atoms with Crippen LogP contribution in [0.4, 0.5) is 0 Å². The first-order valence-electron chi connectivity index (χ1n) is 4.63. The van der Waals surface area contributed by atoms with Crippen molar-refractivity contribution in [3.8, 4) is 5.75 Å². The quantitative estimate of drug-likeness (QED) is 0.579. The van der Waals surface area contributed by atoms with Crippen molar-refractivity contribution < 1.29 is 9.53 Å². The zero-order chi connectivity index (χ0) is 10.9. The molecule has 3 nitrogen and oxygen atoms in total. The molecule has 4 heteroatoms. The first-order valence-corrected chi connectivity index (χ1v) is 5.42. The second kappa shape index (κ2) is 3.80. The monoisotopic (exact) mass is 267 g/mol. The number of fused-ring (bicyclic) bond motifs is 1. The zero-order valence-electron chi connectivity index (χ0n) is 8.29. The van der Waals surface area contributed by atoms with Gasteiger partial charge in [-0.05, 0) is 30.7 Å². The number of benzene rings is 1. The fourth-order valence-corrected chi connectivity index (χ4v) is 2.11. The largest absolute Gasteiger partial charge is 0.491 e. The van der Waals surface area contributed by atoms with E-state index in [4.69, 9.17) is 4.74 Å². The van der Waals surface area contributed by atoms with E-state index < -0.39 is 5.54 Å². The number of aliphatic imine (C=N–C) groups is 1. The summed E-state index contributed by atoms with van der Waals surface area (Å²) >= 11 is 3.40. The van der Waals surface area contributed by atoms with Gasteiger partial charge in [-0.15, -0.1) is 0 Å². The predicted octanol–water partition coefficient (Wildman–Crippen LogP) is 2.48. The first kappa shape index (κ1) is 10.4. The normalized spacial score (nSPS) is 23.6. The van der Waals surface area contributed by atoms with Gasteiger partial charge in [0.1, 0.15) is 17.9 Å². The van der Waals surface area contributed by atoms with E-state index in [-0.39, 0.29) is 0 Å². The van der Waals surface area contributed by atoms with E-state index in [2.05, 4.69) is 20.9 Å². The lowest BCUT2D eigenvalue weighted by molar-refractivity contribution is 0.205. The summed E-state index contributed by atoms with van der Waals surface area (Å²) < 4.78 is 6.56. The number of nitrogens with zero attached hydrogens (tertiary/aromatic N) is 1. The number of carbonyl (C=O) groups excluding carboxylic acids is 1. The van der Waals surface area contributed by atoms with Gasteiger partial charge in [-0.1, -0.05) is 15.9 Å². The summed E-state index contributed by atoms with van der Waals surface area (Å²) in [6.07, 6.45) is 2.31. The third-order valence-electron chi connectivity index (χ3n) is 2.45. The zero-order valence-corrected chi connectivity index (χ0v) is 9.87. The summed E-state index contributed by atoms with van der Waals surface area (Å²) in [5, 5.41) is 0. The molecule has 0 radical (unpaired) electrons. The maximum absolute atomic E-state index is 10.3. The van der Waals surface area contributed by atoms with Crippen LogP contribution in [0, 0.1) is 0 Å². The summed E-state index contributed by atoms with van der Waals surface area (Å²) in [7, 11) is 0. The molecule has 0 saturated carbocycles. The molecule has 1 unspecified atom stereocenters. The Morgan fingerprint density at radius 2 is 2.40 bits per heavy atom. The van der Waals surface area contributed by atoms with Crippen molar-refractivity contribution in [1.29, 1.82) is 0 Å². The van der Waals surface area contributed by atoms with Crippen LogP contribution in [0.25, 0.3) is 0 Å². The molecule has 0 bridgehead atoms. The second-order valence-electron chi connectivity index (χ2n) is 3.92. The Hall–Kier alpha value is -1.12. The highest BCUT2D eigenvalue weighted by atomic mass is 79.9. The highest BCUT2D eigenvalue weighted by molar-refractivity contribution is 9.10. The fraction of sp³-hybridized carbons (Fsp3) is 0.364. The molecule has 0 spiro atoms. The average molecular weight is 268 g/mol. The molecule has 0 aliphatic carbocycles. The smallest absolute Gasteiger partial charge is 0.235 e. The second-order valence-corrected chi connectivity index (χ2v) is 4.83. The van der Waals surface area contributed by atoms with Gasteiger partial charge in [0.05, 0.1) is 0 Å². The van der Waals surface area contributed by atoms with Crippen molar-refractivity contribution in [3.05, 3.63) is 28.2 Å². The number of halogens is 1. The van der Waals surface area contributed by atoms with Crippen molar-refractivity contribution in [2.75, 3.05) is 6.61 Å². The molecule has 0 aromatic heterocycles. The standard InChI is InChI=1S/C11H10BrNO2/c1-11(13-7-14)5-8-4-9(12)2-3-10(8)15-6-11/h2-4H,5-6H2,1H3. The van der Waals surface area contributed by atoms with Crippen LogP contribution >= 0.6 is 15.9 Å². The Morgan fingerprint density at radius 3 is 3.13 bits per heavy atom. The fourth-order valence-electron chi connectivity index (χ4n) is 1.70. The molecule has 1 aromatic carbocycles. The van der Waals surface area contributed by atoms with Crippen molar-refractivity contribution >= 4 is 22.0 Å². The van der Waals surface area contributed by atoms with Gasteiger partial charge in [0.15, 0.2) is 0 Å². The molecule has 1 heterocycles. The van der Waals surface area contributed by atoms with E-state index >= 15 is 0 Å². The lowest BCUT2D eigenvalue weighted by atomic mass is 9.91. The maximum Gasteiger partial charge on any atom is 0.235 e. The lowest BCUT2D eigenvalue weighted by Crippen LogP contribution is -2.36. The summed E-state index contributed by atoms with van der Waals surface area (Å²) in [5.74, 6) is 0.872. The Kier molecular flexibility index (Phi) is 2.63. The van der Waals surface area contributed by atoms with Crippen LogP contribution in [0.15, 0.2) is 27.7 Å². The Balaban J connectivity index is 2.36. The first-order chi connectivity index (χ1) is 7.13. The van der Waals surface area contributed by atoms with Crippen LogP contribution in [0.3, 0.4) is 0 Å². The number of rotatable bonds is 1. The van der Waals surface area contributed by atoms with E-state index in [0.717, 1.165) is 15.8 Å². The number of isocyanates is 1. The Labute approximate surface area is 96.3 Å². The molecule has 0 N–H and O–H groups in total. The topological polar surface area (TPSA) is 38.7 Å². The van der Waals surface area contributed by atoms with E-state index in [9.17, 15) is 4.79 Å². The number of hydrogen-bond acceptors (Lipinski definition) is 3. The van der Waals surface area contributed by atoms with Crippen molar-refractivity contribution in [1.82, 2.24) is 0 Å². The van der Waals surface area contributed by atoms with Crippen LogP contribution in [-0.4, -0.2) is 18.2 Å². The molecule has 2 rings (SSSR count). The molecule has 1 aromatic rings. The molecule has 1 atom stereocenters. The van der Waals surface area contributed by atoms with Gasteiger partial charge in [0, 0.05) is 10.9 Å². The van der Waals surface area contributed by atoms with E-state index in [1.165, 1.54) is 0 Å². The summed E-state index contributed by atoms with van der Waals surface area (Å²) in [6, 6.07) is 5.85. The lowest BCUT2D eigenvalue weighted by Gasteiger charge is -2.30. The SMILES string of the molecule is CC1(N=C=O)COc2ccc(Br)cc2C1. The molecule has 15 heavy (non-hydrogen) atoms. The summed E-state index contributed by atoms with van der Waals surface area (Å²) in [5.41, 5.74) is 0.590. The van der Waals surface area contributed by atoms with Gasteiger partial charge in [0.25, 0.3) is 0 Å². The summed E-state index contributed by atoms with van der Waals surface area (Å²) in [4.78, 5) is 14.1. The van der Waals surface area contributed by atoms with Crippen LogP contribution < -0.4 is 4.74 Å². The van der Waals surface area contributed by atoms with Gasteiger partial charge >= 0.3 is 0 Å². The van der Waals surface area contributed by atoms with Gasteiger partial charge in [-0.25, -0.2) is 4.79 Å². The van der Waals surface area contributed by atoms with Gasteiger partial charge in [-0.3, -0.25) is 0 Å². The third-order valence-corrected chi connectivity index (χ3v) is 2.94. The van der Waals surface area contributed by atoms with Crippen LogP contribution in [-0.2, 0) is 11.2 Å². The average Bonchev–Trinajstić information content (AvgIpc) is 2.17. The predicted molar refractivity (Wildman–Crippen MR) is 59.9 cm³/mol. The summed E-state index contributed by atoms with van der Waals surface area (Å²) in [6.45, 7) is 2.32. The highest BCUT2D eigenvalue weighted by Crippen LogP contribution is 2.32. The molecule has 1 aliphatic rings. The Morgan fingerprint density at radius 1 is 1.60 bits per heavy atom. The molecule has 0 saturated heterocycles. The molecule has 0 amide bonds. The minimum atomic E-state index is -0.477. The third kappa shape index (κ3) is 2.11. The number of hydrogen-bond donors (Lipinski definition) is 0. The molecular weight excluding hydrogens is 258 g/mol. The molecule has 78 valence electrons. The Bertz CT molecular complexity index is 440. The van der Waals surface area contributed by atoms with Gasteiger partial charge in [0.2, 0.25) is 6.08 Å². The minimum absolute atomic E-state index is 0.427. The van der Waals surface area contributed by atoms with Gasteiger partial charge in [-0.2, -0.15) is 4.99 Å². The minimum Gasteiger partial charge on any atom is -0.491 e. The van der Waals surface area contributed by atoms with Crippen LogP contribution in [0.5, 0.6) is 5.75 Å².